The molecule has 0 radical (unpaired) electrons. The molecule has 0 aliphatic heterocycles. The maximum absolute atomic E-state index is 14.2. The van der Waals surface area contributed by atoms with Gasteiger partial charge in [0.15, 0.2) is 0 Å². The average molecular weight is 606 g/mol. The highest BCUT2D eigenvalue weighted by atomic mass is 32.2. The van der Waals surface area contributed by atoms with Crippen LogP contribution in [0.2, 0.25) is 0 Å². The Morgan fingerprint density at radius 3 is 2.30 bits per heavy atom. The summed E-state index contributed by atoms with van der Waals surface area (Å²) in [6.07, 6.45) is 6.11. The van der Waals surface area contributed by atoms with Gasteiger partial charge in [0.25, 0.3) is 10.0 Å². The molecular formula is C34H43N3O5S. The van der Waals surface area contributed by atoms with Crippen molar-refractivity contribution in [3.8, 4) is 5.75 Å². The Bertz CT molecular complexity index is 1450. The van der Waals surface area contributed by atoms with Gasteiger partial charge in [0.05, 0.1) is 17.7 Å². The lowest BCUT2D eigenvalue weighted by Gasteiger charge is -2.34. The number of ether oxygens (including phenoxy) is 1. The molecule has 43 heavy (non-hydrogen) atoms. The molecule has 3 aromatic carbocycles. The molecule has 2 amide bonds. The number of carbonyl (C=O) groups excluding carboxylic acids is 2. The number of hydrogen-bond donors (Lipinski definition) is 1. The molecule has 1 saturated carbocycles. The van der Waals surface area contributed by atoms with Gasteiger partial charge < -0.3 is 15.0 Å². The smallest absolute Gasteiger partial charge is 0.264 e. The van der Waals surface area contributed by atoms with Crippen molar-refractivity contribution in [2.75, 3.05) is 24.5 Å². The van der Waals surface area contributed by atoms with Crippen LogP contribution in [0.5, 0.6) is 5.75 Å². The number of sulfonamides is 1. The number of hydrogen-bond acceptors (Lipinski definition) is 5. The highest BCUT2D eigenvalue weighted by molar-refractivity contribution is 7.92. The molecule has 1 N–H and O–H groups in total. The summed E-state index contributed by atoms with van der Waals surface area (Å²) in [4.78, 5) is 29.5. The summed E-state index contributed by atoms with van der Waals surface area (Å²) >= 11 is 0. The Kier molecular flexibility index (Phi) is 11.2. The Balaban J connectivity index is 1.68. The van der Waals surface area contributed by atoms with Gasteiger partial charge in [-0.2, -0.15) is 0 Å². The maximum Gasteiger partial charge on any atom is 0.264 e. The van der Waals surface area contributed by atoms with Gasteiger partial charge in [-0.3, -0.25) is 13.9 Å². The highest BCUT2D eigenvalue weighted by Gasteiger charge is 2.34. The van der Waals surface area contributed by atoms with E-state index in [9.17, 15) is 18.0 Å². The molecule has 3 aromatic rings. The molecular weight excluding hydrogens is 562 g/mol. The fraction of sp³-hybridized carbons (Fsp3) is 0.412. The maximum atomic E-state index is 14.2. The third-order valence-electron chi connectivity index (χ3n) is 8.05. The van der Waals surface area contributed by atoms with Crippen molar-refractivity contribution in [2.45, 2.75) is 75.8 Å². The number of nitrogens with one attached hydrogen (secondary N) is 1. The minimum atomic E-state index is -4.14. The number of nitrogens with zero attached hydrogens (tertiary/aromatic N) is 2. The molecule has 0 bridgehead atoms. The molecule has 1 aliphatic rings. The van der Waals surface area contributed by atoms with E-state index in [0.717, 1.165) is 41.1 Å². The zero-order chi connectivity index (χ0) is 30.8. The number of anilines is 1. The van der Waals surface area contributed by atoms with Crippen molar-refractivity contribution >= 4 is 27.5 Å². The predicted molar refractivity (Wildman–Crippen MR) is 170 cm³/mol. The van der Waals surface area contributed by atoms with Crippen molar-refractivity contribution in [3.05, 3.63) is 90.0 Å². The van der Waals surface area contributed by atoms with Crippen LogP contribution in [0.1, 0.15) is 56.6 Å². The lowest BCUT2D eigenvalue weighted by atomic mass is 9.95. The van der Waals surface area contributed by atoms with Crippen LogP contribution < -0.4 is 14.4 Å². The van der Waals surface area contributed by atoms with E-state index < -0.39 is 28.5 Å². The number of methoxy groups -OCH3 is 1. The zero-order valence-electron chi connectivity index (χ0n) is 25.4. The molecule has 0 aromatic heterocycles. The second kappa shape index (κ2) is 15.0. The van der Waals surface area contributed by atoms with E-state index in [1.54, 1.807) is 53.4 Å². The van der Waals surface area contributed by atoms with Crippen molar-refractivity contribution < 1.29 is 22.7 Å². The van der Waals surface area contributed by atoms with Gasteiger partial charge in [0.1, 0.15) is 18.3 Å². The molecule has 230 valence electrons. The fourth-order valence-corrected chi connectivity index (χ4v) is 6.98. The first-order valence-electron chi connectivity index (χ1n) is 15.1. The Labute approximate surface area is 256 Å². The number of amides is 2. The summed E-state index contributed by atoms with van der Waals surface area (Å²) < 4.78 is 34.6. The highest BCUT2D eigenvalue weighted by Crippen LogP contribution is 2.28. The largest absolute Gasteiger partial charge is 0.497 e. The molecule has 8 nitrogen and oxygen atoms in total. The molecule has 0 spiro atoms. The first-order valence-corrected chi connectivity index (χ1v) is 16.5. The second-order valence-electron chi connectivity index (χ2n) is 11.1. The number of rotatable bonds is 13. The Morgan fingerprint density at radius 1 is 0.953 bits per heavy atom. The van der Waals surface area contributed by atoms with E-state index in [1.165, 1.54) is 13.5 Å². The van der Waals surface area contributed by atoms with Gasteiger partial charge in [-0.05, 0) is 62.4 Å². The number of carbonyl (C=O) groups is 2. The summed E-state index contributed by atoms with van der Waals surface area (Å²) in [6, 6.07) is 22.3. The van der Waals surface area contributed by atoms with Crippen LogP contribution in [0.15, 0.2) is 83.8 Å². The third-order valence-corrected chi connectivity index (χ3v) is 9.84. The van der Waals surface area contributed by atoms with Gasteiger partial charge in [-0.1, -0.05) is 80.3 Å². The molecule has 1 aliphatic carbocycles. The van der Waals surface area contributed by atoms with Gasteiger partial charge in [0.2, 0.25) is 11.8 Å². The Hall–Kier alpha value is -3.85. The van der Waals surface area contributed by atoms with Crippen molar-refractivity contribution in [3.63, 3.8) is 0 Å². The molecule has 0 heterocycles. The van der Waals surface area contributed by atoms with Gasteiger partial charge in [-0.25, -0.2) is 8.42 Å². The van der Waals surface area contributed by atoms with Crippen LogP contribution in [-0.2, 0) is 26.0 Å². The topological polar surface area (TPSA) is 96.0 Å². The van der Waals surface area contributed by atoms with E-state index in [1.807, 2.05) is 44.2 Å². The normalized spacial score (nSPS) is 14.5. The first kappa shape index (κ1) is 32.1. The van der Waals surface area contributed by atoms with Crippen LogP contribution in [0.25, 0.3) is 0 Å². The zero-order valence-corrected chi connectivity index (χ0v) is 26.2. The van der Waals surface area contributed by atoms with Crippen LogP contribution in [0.4, 0.5) is 5.69 Å². The minimum absolute atomic E-state index is 0.0756. The van der Waals surface area contributed by atoms with Gasteiger partial charge in [-0.15, -0.1) is 0 Å². The second-order valence-corrected chi connectivity index (χ2v) is 13.0. The van der Waals surface area contributed by atoms with Crippen LogP contribution in [-0.4, -0.2) is 57.4 Å². The van der Waals surface area contributed by atoms with Crippen LogP contribution >= 0.6 is 0 Å². The van der Waals surface area contributed by atoms with Crippen molar-refractivity contribution in [1.29, 1.82) is 0 Å². The molecule has 1 atom stereocenters. The quantitative estimate of drug-likeness (QED) is 0.278. The van der Waals surface area contributed by atoms with E-state index in [2.05, 4.69) is 5.32 Å². The summed E-state index contributed by atoms with van der Waals surface area (Å²) in [5.74, 6) is -0.168. The summed E-state index contributed by atoms with van der Waals surface area (Å²) in [5, 5.41) is 3.18. The molecule has 0 saturated heterocycles. The summed E-state index contributed by atoms with van der Waals surface area (Å²) in [6.45, 7) is 3.58. The standard InChI is InChI=1S/C34H43N3O5S/c1-4-32(34(39)35-28-14-9-6-10-15-28)36(23-22-27-12-7-5-8-13-27)33(38)25-37(29-16-11-17-30(24-29)42-3)43(40,41)31-20-18-26(2)19-21-31/h5,7-8,11-13,16-21,24,28,32H,4,6,9-10,14-15,22-23,25H2,1-3H3,(H,35,39). The monoisotopic (exact) mass is 605 g/mol. The molecule has 1 unspecified atom stereocenters. The Morgan fingerprint density at radius 2 is 1.65 bits per heavy atom. The van der Waals surface area contributed by atoms with Crippen molar-refractivity contribution in [1.82, 2.24) is 10.2 Å². The molecule has 9 heteroatoms. The van der Waals surface area contributed by atoms with Gasteiger partial charge in [0, 0.05) is 18.7 Å². The van der Waals surface area contributed by atoms with Crippen molar-refractivity contribution in [2.24, 2.45) is 0 Å². The lowest BCUT2D eigenvalue weighted by molar-refractivity contribution is -0.140. The fourth-order valence-electron chi connectivity index (χ4n) is 5.57. The lowest BCUT2D eigenvalue weighted by Crippen LogP contribution is -2.54. The molecule has 4 rings (SSSR count). The average Bonchev–Trinajstić information content (AvgIpc) is 3.02. The van der Waals surface area contributed by atoms with Gasteiger partial charge >= 0.3 is 0 Å². The van der Waals surface area contributed by atoms with Crippen LogP contribution in [0.3, 0.4) is 0 Å². The van der Waals surface area contributed by atoms with E-state index in [4.69, 9.17) is 4.74 Å². The number of benzene rings is 3. The van der Waals surface area contributed by atoms with Crippen LogP contribution in [0, 0.1) is 6.92 Å². The minimum Gasteiger partial charge on any atom is -0.497 e. The summed E-state index contributed by atoms with van der Waals surface area (Å²) in [7, 11) is -2.63. The van der Waals surface area contributed by atoms with E-state index in [-0.39, 0.29) is 23.4 Å². The summed E-state index contributed by atoms with van der Waals surface area (Å²) in [5.41, 5.74) is 2.25. The predicted octanol–water partition coefficient (Wildman–Crippen LogP) is 5.50. The number of aryl methyl sites for hydroxylation is 1. The van der Waals surface area contributed by atoms with E-state index >= 15 is 0 Å². The molecule has 1 fully saturated rings. The first-order chi connectivity index (χ1) is 20.7. The SMILES string of the molecule is CCC(C(=O)NC1CCCCC1)N(CCc1ccccc1)C(=O)CN(c1cccc(OC)c1)S(=O)(=O)c1ccc(C)cc1. The van der Waals surface area contributed by atoms with E-state index in [0.29, 0.717) is 24.3 Å². The third kappa shape index (κ3) is 8.38.